The van der Waals surface area contributed by atoms with E-state index in [4.69, 9.17) is 4.74 Å². The number of benzene rings is 2. The zero-order valence-electron chi connectivity index (χ0n) is 19.9. The van der Waals surface area contributed by atoms with Gasteiger partial charge in [-0.05, 0) is 26.0 Å². The maximum Gasteiger partial charge on any atom is 0.316 e. The third kappa shape index (κ3) is 4.76. The van der Waals surface area contributed by atoms with E-state index < -0.39 is 0 Å². The second kappa shape index (κ2) is 9.63. The van der Waals surface area contributed by atoms with Crippen LogP contribution in [0, 0.1) is 0 Å². The number of carbonyl (C=O) groups is 1. The van der Waals surface area contributed by atoms with Gasteiger partial charge in [0.05, 0.1) is 36.3 Å². The average molecular weight is 470 g/mol. The lowest BCUT2D eigenvalue weighted by Crippen LogP contribution is -2.54. The first kappa shape index (κ1) is 22.7. The molecule has 1 saturated heterocycles. The highest BCUT2D eigenvalue weighted by Crippen LogP contribution is 2.31. The van der Waals surface area contributed by atoms with Crippen LogP contribution in [0.2, 0.25) is 0 Å². The van der Waals surface area contributed by atoms with Crippen molar-refractivity contribution in [3.63, 3.8) is 0 Å². The molecule has 0 spiro atoms. The number of nitrogens with zero attached hydrogens (tertiary/aromatic N) is 5. The van der Waals surface area contributed by atoms with E-state index in [1.165, 1.54) is 7.11 Å². The highest BCUT2D eigenvalue weighted by molar-refractivity contribution is 6.13. The zero-order valence-corrected chi connectivity index (χ0v) is 19.9. The van der Waals surface area contributed by atoms with Crippen LogP contribution in [0.4, 0.5) is 11.5 Å². The third-order valence-corrected chi connectivity index (χ3v) is 5.99. The minimum atomic E-state index is -0.328. The van der Waals surface area contributed by atoms with E-state index in [0.29, 0.717) is 29.0 Å². The van der Waals surface area contributed by atoms with Gasteiger partial charge in [-0.15, -0.1) is 0 Å². The van der Waals surface area contributed by atoms with E-state index >= 15 is 0 Å². The Balaban J connectivity index is 1.46. The highest BCUT2D eigenvalue weighted by atomic mass is 16.5. The molecule has 5 rings (SSSR count). The predicted molar refractivity (Wildman–Crippen MR) is 136 cm³/mol. The Hall–Kier alpha value is -4.11. The van der Waals surface area contributed by atoms with Crippen molar-refractivity contribution in [3.05, 3.63) is 66.6 Å². The molecule has 35 heavy (non-hydrogen) atoms. The van der Waals surface area contributed by atoms with Gasteiger partial charge >= 0.3 is 6.01 Å². The summed E-state index contributed by atoms with van der Waals surface area (Å²) in [5, 5.41) is 7.19. The fourth-order valence-electron chi connectivity index (χ4n) is 4.50. The first-order chi connectivity index (χ1) is 17.0. The average Bonchev–Trinajstić information content (AvgIpc) is 2.88. The lowest BCUT2D eigenvalue weighted by atomic mass is 10.0. The van der Waals surface area contributed by atoms with E-state index in [0.717, 1.165) is 35.4 Å². The van der Waals surface area contributed by atoms with Gasteiger partial charge in [0.25, 0.3) is 5.91 Å². The van der Waals surface area contributed by atoms with E-state index in [1.807, 2.05) is 36.4 Å². The molecular formula is C26H27N7O2. The number of carbonyl (C=O) groups excluding carboxylic acids is 1. The van der Waals surface area contributed by atoms with Gasteiger partial charge in [0.1, 0.15) is 0 Å². The maximum absolute atomic E-state index is 13.3. The Bertz CT molecular complexity index is 1340. The normalized spacial score (nSPS) is 17.9. The summed E-state index contributed by atoms with van der Waals surface area (Å²) < 4.78 is 5.25. The number of fused-ring (bicyclic) bond motifs is 1. The van der Waals surface area contributed by atoms with Crippen molar-refractivity contribution in [2.75, 3.05) is 30.4 Å². The van der Waals surface area contributed by atoms with Crippen LogP contribution in [0.15, 0.2) is 61.1 Å². The SMILES string of the molecule is COc1ncc2c(N3CC(C)NC(C)C3)ccc(C(=O)Nc3cnc(-c4ccccc4)cn3)c2n1. The van der Waals surface area contributed by atoms with Gasteiger partial charge in [0.2, 0.25) is 0 Å². The quantitative estimate of drug-likeness (QED) is 0.457. The summed E-state index contributed by atoms with van der Waals surface area (Å²) in [5.74, 6) is 0.0313. The third-order valence-electron chi connectivity index (χ3n) is 5.99. The summed E-state index contributed by atoms with van der Waals surface area (Å²) >= 11 is 0. The molecule has 9 nitrogen and oxygen atoms in total. The van der Waals surface area contributed by atoms with Crippen LogP contribution in [0.5, 0.6) is 6.01 Å². The Labute approximate surface area is 203 Å². The lowest BCUT2D eigenvalue weighted by Gasteiger charge is -2.38. The summed E-state index contributed by atoms with van der Waals surface area (Å²) in [7, 11) is 1.51. The Morgan fingerprint density at radius 3 is 2.46 bits per heavy atom. The van der Waals surface area contributed by atoms with E-state index in [2.05, 4.69) is 49.3 Å². The summed E-state index contributed by atoms with van der Waals surface area (Å²) in [4.78, 5) is 33.2. The van der Waals surface area contributed by atoms with Gasteiger partial charge in [0.15, 0.2) is 5.82 Å². The minimum absolute atomic E-state index is 0.206. The molecule has 4 aromatic rings. The second-order valence-corrected chi connectivity index (χ2v) is 8.73. The van der Waals surface area contributed by atoms with Crippen molar-refractivity contribution < 1.29 is 9.53 Å². The summed E-state index contributed by atoms with van der Waals surface area (Å²) in [6, 6.07) is 14.4. The largest absolute Gasteiger partial charge is 0.467 e. The van der Waals surface area contributed by atoms with E-state index in [1.54, 1.807) is 24.7 Å². The Morgan fingerprint density at radius 1 is 1.00 bits per heavy atom. The minimum Gasteiger partial charge on any atom is -0.467 e. The molecule has 2 N–H and O–H groups in total. The number of rotatable bonds is 5. The number of nitrogens with one attached hydrogen (secondary N) is 2. The van der Waals surface area contributed by atoms with E-state index in [-0.39, 0.29) is 11.9 Å². The second-order valence-electron chi connectivity index (χ2n) is 8.73. The van der Waals surface area contributed by atoms with Crippen LogP contribution in [0.25, 0.3) is 22.2 Å². The number of anilines is 2. The number of amides is 1. The molecule has 0 aliphatic carbocycles. The number of aromatic nitrogens is 4. The molecule has 2 aromatic heterocycles. The number of piperazine rings is 1. The first-order valence-electron chi connectivity index (χ1n) is 11.6. The van der Waals surface area contributed by atoms with Crippen molar-refractivity contribution in [1.82, 2.24) is 25.3 Å². The molecule has 9 heteroatoms. The van der Waals surface area contributed by atoms with Crippen molar-refractivity contribution in [2.24, 2.45) is 0 Å². The van der Waals surface area contributed by atoms with Crippen molar-refractivity contribution in [3.8, 4) is 17.3 Å². The van der Waals surface area contributed by atoms with Crippen LogP contribution in [0.3, 0.4) is 0 Å². The van der Waals surface area contributed by atoms with Crippen LogP contribution in [-0.2, 0) is 0 Å². The Morgan fingerprint density at radius 2 is 1.77 bits per heavy atom. The zero-order chi connectivity index (χ0) is 24.4. The van der Waals surface area contributed by atoms with Gasteiger partial charge in [-0.25, -0.2) is 9.97 Å². The molecular weight excluding hydrogens is 442 g/mol. The fourth-order valence-corrected chi connectivity index (χ4v) is 4.50. The summed E-state index contributed by atoms with van der Waals surface area (Å²) in [6.45, 7) is 6.02. The fraction of sp³-hybridized carbons (Fsp3) is 0.269. The van der Waals surface area contributed by atoms with Gasteiger partial charge in [-0.2, -0.15) is 4.98 Å². The first-order valence-corrected chi connectivity index (χ1v) is 11.6. The maximum atomic E-state index is 13.3. The lowest BCUT2D eigenvalue weighted by molar-refractivity contribution is 0.102. The van der Waals surface area contributed by atoms with Crippen LogP contribution >= 0.6 is 0 Å². The summed E-state index contributed by atoms with van der Waals surface area (Å²) in [6.07, 6.45) is 4.92. The number of hydrogen-bond donors (Lipinski definition) is 2. The molecule has 0 radical (unpaired) electrons. The smallest absolute Gasteiger partial charge is 0.316 e. The molecule has 178 valence electrons. The molecule has 0 saturated carbocycles. The van der Waals surface area contributed by atoms with Crippen LogP contribution in [-0.4, -0.2) is 58.1 Å². The monoisotopic (exact) mass is 469 g/mol. The van der Waals surface area contributed by atoms with Crippen molar-refractivity contribution in [1.29, 1.82) is 0 Å². The predicted octanol–water partition coefficient (Wildman–Crippen LogP) is 3.53. The van der Waals surface area contributed by atoms with Crippen LogP contribution in [0.1, 0.15) is 24.2 Å². The molecule has 1 aliphatic rings. The van der Waals surface area contributed by atoms with Gasteiger partial charge in [-0.1, -0.05) is 30.3 Å². The number of methoxy groups -OCH3 is 1. The standard InChI is InChI=1S/C26H27N7O2/c1-16-14-33(15-17(2)30-16)22-10-9-19(24-20(22)11-29-26(32-24)35-3)25(34)31-23-13-27-21(12-28-23)18-7-5-4-6-8-18/h4-13,16-17,30H,14-15H2,1-3H3,(H,28,31,34). The van der Waals surface area contributed by atoms with Gasteiger partial charge in [0, 0.05) is 48.0 Å². The van der Waals surface area contributed by atoms with Gasteiger partial charge < -0.3 is 20.3 Å². The Kier molecular flexibility index (Phi) is 6.24. The topological polar surface area (TPSA) is 105 Å². The van der Waals surface area contributed by atoms with Crippen LogP contribution < -0.4 is 20.3 Å². The van der Waals surface area contributed by atoms with Gasteiger partial charge in [-0.3, -0.25) is 9.78 Å². The molecule has 3 heterocycles. The molecule has 1 fully saturated rings. The molecule has 0 bridgehead atoms. The van der Waals surface area contributed by atoms with Crippen molar-refractivity contribution >= 4 is 28.3 Å². The summed E-state index contributed by atoms with van der Waals surface area (Å²) in [5.41, 5.74) is 3.62. The number of ether oxygens (including phenoxy) is 1. The molecule has 2 atom stereocenters. The number of hydrogen-bond acceptors (Lipinski definition) is 8. The molecule has 2 unspecified atom stereocenters. The molecule has 1 amide bonds. The highest BCUT2D eigenvalue weighted by Gasteiger charge is 2.24. The molecule has 1 aliphatic heterocycles. The molecule has 2 aromatic carbocycles. The van der Waals surface area contributed by atoms with Crippen molar-refractivity contribution in [2.45, 2.75) is 25.9 Å². The van der Waals surface area contributed by atoms with E-state index in [9.17, 15) is 4.79 Å².